The molecule has 0 unspecified atom stereocenters. The van der Waals surface area contributed by atoms with Crippen LogP contribution in [-0.4, -0.2) is 20.9 Å². The predicted octanol–water partition coefficient (Wildman–Crippen LogP) is 2.66. The zero-order chi connectivity index (χ0) is 11.8. The van der Waals surface area contributed by atoms with Crippen molar-refractivity contribution in [2.45, 2.75) is 39.7 Å². The molecule has 4 nitrogen and oxygen atoms in total. The van der Waals surface area contributed by atoms with Gasteiger partial charge in [-0.25, -0.2) is 4.79 Å². The Balaban J connectivity index is 3.41. The number of hydrogen-bond acceptors (Lipinski definition) is 2. The molecule has 0 spiro atoms. The summed E-state index contributed by atoms with van der Waals surface area (Å²) in [6.07, 6.45) is 0.748. The molecular formula is C10H15BrN2O2. The van der Waals surface area contributed by atoms with Gasteiger partial charge in [0.15, 0.2) is 5.69 Å². The highest BCUT2D eigenvalue weighted by Crippen LogP contribution is 2.27. The van der Waals surface area contributed by atoms with E-state index in [-0.39, 0.29) is 11.2 Å². The molecule has 15 heavy (non-hydrogen) atoms. The summed E-state index contributed by atoms with van der Waals surface area (Å²) in [7, 11) is 0. The number of halogens is 1. The van der Waals surface area contributed by atoms with Gasteiger partial charge in [-0.15, -0.1) is 0 Å². The van der Waals surface area contributed by atoms with Gasteiger partial charge in [0.05, 0.1) is 15.7 Å². The van der Waals surface area contributed by atoms with Gasteiger partial charge in [-0.3, -0.25) is 4.68 Å². The summed E-state index contributed by atoms with van der Waals surface area (Å²) in [5.41, 5.74) is 0.795. The van der Waals surface area contributed by atoms with Gasteiger partial charge < -0.3 is 5.11 Å². The van der Waals surface area contributed by atoms with E-state index >= 15 is 0 Å². The zero-order valence-electron chi connectivity index (χ0n) is 9.33. The Morgan fingerprint density at radius 2 is 2.07 bits per heavy atom. The van der Waals surface area contributed by atoms with E-state index in [0.717, 1.165) is 12.1 Å². The molecule has 0 aliphatic rings. The van der Waals surface area contributed by atoms with E-state index in [1.165, 1.54) is 0 Å². The fourth-order valence-corrected chi connectivity index (χ4v) is 2.13. The molecule has 0 saturated heterocycles. The minimum atomic E-state index is -1.00. The van der Waals surface area contributed by atoms with Crippen molar-refractivity contribution in [3.63, 3.8) is 0 Å². The standard InChI is InChI=1S/C10H15BrN2O2/c1-5-6-7(11)8(9(14)15)12-13(6)10(2,3)4/h5H2,1-4H3,(H,14,15). The summed E-state index contributed by atoms with van der Waals surface area (Å²) >= 11 is 3.29. The zero-order valence-corrected chi connectivity index (χ0v) is 10.9. The summed E-state index contributed by atoms with van der Waals surface area (Å²) in [5, 5.41) is 13.1. The van der Waals surface area contributed by atoms with Crippen LogP contribution in [0.5, 0.6) is 0 Å². The molecule has 0 bridgehead atoms. The maximum atomic E-state index is 10.9. The lowest BCUT2D eigenvalue weighted by molar-refractivity contribution is 0.0687. The highest BCUT2D eigenvalue weighted by atomic mass is 79.9. The molecule has 0 atom stereocenters. The smallest absolute Gasteiger partial charge is 0.357 e. The van der Waals surface area contributed by atoms with Gasteiger partial charge in [0, 0.05) is 0 Å². The third kappa shape index (κ3) is 2.22. The van der Waals surface area contributed by atoms with E-state index in [1.807, 2.05) is 27.7 Å². The van der Waals surface area contributed by atoms with Crippen LogP contribution in [0.15, 0.2) is 4.47 Å². The van der Waals surface area contributed by atoms with Crippen LogP contribution in [0.3, 0.4) is 0 Å². The molecule has 0 saturated carbocycles. The van der Waals surface area contributed by atoms with Crippen LogP contribution in [0.1, 0.15) is 43.9 Å². The van der Waals surface area contributed by atoms with Gasteiger partial charge in [0.1, 0.15) is 0 Å². The Hall–Kier alpha value is -0.840. The molecule has 0 fully saturated rings. The summed E-state index contributed by atoms with van der Waals surface area (Å²) in [4.78, 5) is 10.9. The maximum Gasteiger partial charge on any atom is 0.357 e. The van der Waals surface area contributed by atoms with Gasteiger partial charge >= 0.3 is 5.97 Å². The molecule has 0 radical (unpaired) electrons. The van der Waals surface area contributed by atoms with Crippen molar-refractivity contribution >= 4 is 21.9 Å². The summed E-state index contributed by atoms with van der Waals surface area (Å²) < 4.78 is 2.35. The number of carbonyl (C=O) groups is 1. The minimum absolute atomic E-state index is 0.0850. The highest BCUT2D eigenvalue weighted by molar-refractivity contribution is 9.10. The second-order valence-corrected chi connectivity index (χ2v) is 5.14. The lowest BCUT2D eigenvalue weighted by Crippen LogP contribution is -2.25. The van der Waals surface area contributed by atoms with Crippen LogP contribution in [0.2, 0.25) is 0 Å². The van der Waals surface area contributed by atoms with Crippen molar-refractivity contribution in [3.05, 3.63) is 15.9 Å². The number of hydrogen-bond donors (Lipinski definition) is 1. The Morgan fingerprint density at radius 1 is 1.53 bits per heavy atom. The molecule has 0 aromatic carbocycles. The third-order valence-corrected chi connectivity index (χ3v) is 2.92. The number of rotatable bonds is 2. The quantitative estimate of drug-likeness (QED) is 0.902. The molecule has 1 aromatic rings. The van der Waals surface area contributed by atoms with Gasteiger partial charge in [0.2, 0.25) is 0 Å². The van der Waals surface area contributed by atoms with E-state index in [4.69, 9.17) is 5.11 Å². The second kappa shape index (κ2) is 3.96. The molecule has 1 rings (SSSR count). The summed E-state index contributed by atoms with van der Waals surface area (Å²) in [6, 6.07) is 0. The Labute approximate surface area is 97.4 Å². The lowest BCUT2D eigenvalue weighted by atomic mass is 10.1. The first-order valence-electron chi connectivity index (χ1n) is 4.80. The maximum absolute atomic E-state index is 10.9. The average Bonchev–Trinajstić information content (AvgIpc) is 2.41. The highest BCUT2D eigenvalue weighted by Gasteiger charge is 2.25. The molecule has 0 amide bonds. The number of nitrogens with zero attached hydrogens (tertiary/aromatic N) is 2. The van der Waals surface area contributed by atoms with Crippen molar-refractivity contribution < 1.29 is 9.90 Å². The molecule has 1 aromatic heterocycles. The van der Waals surface area contributed by atoms with Crippen molar-refractivity contribution in [2.75, 3.05) is 0 Å². The van der Waals surface area contributed by atoms with E-state index in [0.29, 0.717) is 4.47 Å². The molecular weight excluding hydrogens is 260 g/mol. The average molecular weight is 275 g/mol. The van der Waals surface area contributed by atoms with Gasteiger partial charge in [-0.1, -0.05) is 6.92 Å². The Morgan fingerprint density at radius 3 is 2.33 bits per heavy atom. The first-order chi connectivity index (χ1) is 6.79. The van der Waals surface area contributed by atoms with Crippen molar-refractivity contribution in [2.24, 2.45) is 0 Å². The predicted molar refractivity (Wildman–Crippen MR) is 61.3 cm³/mol. The normalized spacial score (nSPS) is 11.8. The van der Waals surface area contributed by atoms with E-state index in [9.17, 15) is 4.79 Å². The van der Waals surface area contributed by atoms with Crippen LogP contribution in [0.4, 0.5) is 0 Å². The number of aromatic carboxylic acids is 1. The van der Waals surface area contributed by atoms with Crippen LogP contribution in [0, 0.1) is 0 Å². The van der Waals surface area contributed by atoms with Gasteiger partial charge in [0.25, 0.3) is 0 Å². The van der Waals surface area contributed by atoms with Crippen molar-refractivity contribution in [3.8, 4) is 0 Å². The van der Waals surface area contributed by atoms with Gasteiger partial charge in [-0.05, 0) is 43.1 Å². The largest absolute Gasteiger partial charge is 0.476 e. The topological polar surface area (TPSA) is 55.1 Å². The SMILES string of the molecule is CCc1c(Br)c(C(=O)O)nn1C(C)(C)C. The number of aromatic nitrogens is 2. The van der Waals surface area contributed by atoms with Crippen LogP contribution in [-0.2, 0) is 12.0 Å². The monoisotopic (exact) mass is 274 g/mol. The lowest BCUT2D eigenvalue weighted by Gasteiger charge is -2.22. The fraction of sp³-hybridized carbons (Fsp3) is 0.600. The molecule has 0 aliphatic heterocycles. The third-order valence-electron chi connectivity index (χ3n) is 2.09. The number of carboxylic acid groups (broad SMARTS) is 1. The molecule has 0 aliphatic carbocycles. The van der Waals surface area contributed by atoms with Crippen molar-refractivity contribution in [1.82, 2.24) is 9.78 Å². The van der Waals surface area contributed by atoms with Gasteiger partial charge in [-0.2, -0.15) is 5.10 Å². The van der Waals surface area contributed by atoms with Crippen LogP contribution >= 0.6 is 15.9 Å². The summed E-state index contributed by atoms with van der Waals surface area (Å²) in [6.45, 7) is 7.97. The first-order valence-corrected chi connectivity index (χ1v) is 5.59. The van der Waals surface area contributed by atoms with Crippen molar-refractivity contribution in [1.29, 1.82) is 0 Å². The molecule has 1 heterocycles. The van der Waals surface area contributed by atoms with Crippen LogP contribution in [0.25, 0.3) is 0 Å². The first kappa shape index (κ1) is 12.2. The minimum Gasteiger partial charge on any atom is -0.476 e. The Bertz CT molecular complexity index is 391. The molecule has 1 N–H and O–H groups in total. The van der Waals surface area contributed by atoms with E-state index in [1.54, 1.807) is 4.68 Å². The molecule has 5 heteroatoms. The van der Waals surface area contributed by atoms with E-state index < -0.39 is 5.97 Å². The summed E-state index contributed by atoms with van der Waals surface area (Å²) in [5.74, 6) is -1.00. The number of carboxylic acids is 1. The molecule has 84 valence electrons. The Kier molecular flexibility index (Phi) is 3.23. The van der Waals surface area contributed by atoms with E-state index in [2.05, 4.69) is 21.0 Å². The van der Waals surface area contributed by atoms with Crippen LogP contribution < -0.4 is 0 Å². The fourth-order valence-electron chi connectivity index (χ4n) is 1.43. The second-order valence-electron chi connectivity index (χ2n) is 4.35.